The van der Waals surface area contributed by atoms with E-state index >= 15 is 0 Å². The highest BCUT2D eigenvalue weighted by atomic mass is 19.4. The minimum atomic E-state index is -4.45. The molecule has 0 spiro atoms. The third-order valence-corrected chi connectivity index (χ3v) is 4.56. The summed E-state index contributed by atoms with van der Waals surface area (Å²) in [6, 6.07) is 8.30. The van der Waals surface area contributed by atoms with Gasteiger partial charge in [-0.25, -0.2) is 9.97 Å². The molecule has 0 N–H and O–H groups in total. The Hall–Kier alpha value is -3.23. The van der Waals surface area contributed by atoms with Gasteiger partial charge in [0, 0.05) is 62.2 Å². The second-order valence-corrected chi connectivity index (χ2v) is 6.35. The lowest BCUT2D eigenvalue weighted by atomic mass is 10.2. The maximum Gasteiger partial charge on any atom is 0.433 e. The molecule has 0 unspecified atom stereocenters. The molecule has 0 atom stereocenters. The van der Waals surface area contributed by atoms with Gasteiger partial charge in [-0.2, -0.15) is 13.2 Å². The van der Waals surface area contributed by atoms with Gasteiger partial charge < -0.3 is 9.80 Å². The second-order valence-electron chi connectivity index (χ2n) is 6.35. The quantitative estimate of drug-likeness (QED) is 0.689. The molecule has 0 aliphatic carbocycles. The molecule has 0 amide bonds. The lowest BCUT2D eigenvalue weighted by Crippen LogP contribution is -2.47. The van der Waals surface area contributed by atoms with Crippen molar-refractivity contribution in [3.63, 3.8) is 0 Å². The number of alkyl halides is 3. The molecule has 0 bridgehead atoms. The molecule has 0 saturated carbocycles. The smallest absolute Gasteiger partial charge is 0.368 e. The molecule has 4 rings (SSSR count). The van der Waals surface area contributed by atoms with Crippen LogP contribution in [0.5, 0.6) is 0 Å². The minimum Gasteiger partial charge on any atom is -0.368 e. The predicted molar refractivity (Wildman–Crippen MR) is 98.9 cm³/mol. The van der Waals surface area contributed by atoms with E-state index < -0.39 is 11.9 Å². The van der Waals surface area contributed by atoms with Gasteiger partial charge in [0.15, 0.2) is 0 Å². The van der Waals surface area contributed by atoms with Crippen LogP contribution < -0.4 is 9.80 Å². The standard InChI is InChI=1S/C19H17F3N6/c20-19(21,22)17-12-15(3-6-24-17)27-8-10-28(11-9-27)18-25-7-4-16(26-18)14-2-1-5-23-13-14/h1-7,12-13H,8-11H2. The lowest BCUT2D eigenvalue weighted by Gasteiger charge is -2.36. The first kappa shape index (κ1) is 18.1. The Labute approximate surface area is 159 Å². The number of halogens is 3. The average molecular weight is 386 g/mol. The average Bonchev–Trinajstić information content (AvgIpc) is 2.74. The van der Waals surface area contributed by atoms with Gasteiger partial charge in [-0.05, 0) is 30.3 Å². The summed E-state index contributed by atoms with van der Waals surface area (Å²) in [6.45, 7) is 2.36. The van der Waals surface area contributed by atoms with Gasteiger partial charge >= 0.3 is 6.18 Å². The summed E-state index contributed by atoms with van der Waals surface area (Å²) in [5.41, 5.74) is 1.33. The first-order valence-corrected chi connectivity index (χ1v) is 8.77. The highest BCUT2D eigenvalue weighted by Gasteiger charge is 2.33. The second kappa shape index (κ2) is 7.41. The van der Waals surface area contributed by atoms with Crippen LogP contribution in [0.3, 0.4) is 0 Å². The normalized spacial score (nSPS) is 15.0. The fourth-order valence-electron chi connectivity index (χ4n) is 3.11. The summed E-state index contributed by atoms with van der Waals surface area (Å²) >= 11 is 0. The van der Waals surface area contributed by atoms with E-state index in [1.54, 1.807) is 24.7 Å². The Balaban J connectivity index is 1.46. The van der Waals surface area contributed by atoms with Crippen LogP contribution in [0.15, 0.2) is 55.1 Å². The molecule has 6 nitrogen and oxygen atoms in total. The number of pyridine rings is 2. The highest BCUT2D eigenvalue weighted by molar-refractivity contribution is 5.59. The molecule has 3 aromatic heterocycles. The van der Waals surface area contributed by atoms with E-state index in [-0.39, 0.29) is 0 Å². The van der Waals surface area contributed by atoms with Crippen molar-refractivity contribution >= 4 is 11.6 Å². The Morgan fingerprint density at radius 3 is 2.32 bits per heavy atom. The third kappa shape index (κ3) is 3.88. The summed E-state index contributed by atoms with van der Waals surface area (Å²) < 4.78 is 38.7. The number of hydrogen-bond donors (Lipinski definition) is 0. The van der Waals surface area contributed by atoms with Crippen molar-refractivity contribution in [1.29, 1.82) is 0 Å². The summed E-state index contributed by atoms with van der Waals surface area (Å²) in [5, 5.41) is 0. The highest BCUT2D eigenvalue weighted by Crippen LogP contribution is 2.30. The lowest BCUT2D eigenvalue weighted by molar-refractivity contribution is -0.141. The van der Waals surface area contributed by atoms with Crippen LogP contribution in [0.4, 0.5) is 24.8 Å². The van der Waals surface area contributed by atoms with E-state index in [9.17, 15) is 13.2 Å². The van der Waals surface area contributed by atoms with Gasteiger partial charge in [0.2, 0.25) is 5.95 Å². The molecule has 1 aliphatic heterocycles. The van der Waals surface area contributed by atoms with Gasteiger partial charge in [0.05, 0.1) is 5.69 Å². The summed E-state index contributed by atoms with van der Waals surface area (Å²) in [5.74, 6) is 0.603. The summed E-state index contributed by atoms with van der Waals surface area (Å²) in [6.07, 6.45) is 1.90. The zero-order chi connectivity index (χ0) is 19.6. The molecule has 0 aromatic carbocycles. The molecular formula is C19H17F3N6. The number of nitrogens with zero attached hydrogens (tertiary/aromatic N) is 6. The van der Waals surface area contributed by atoms with Crippen LogP contribution in [-0.2, 0) is 6.18 Å². The minimum absolute atomic E-state index is 0.520. The summed E-state index contributed by atoms with van der Waals surface area (Å²) in [7, 11) is 0. The topological polar surface area (TPSA) is 58.0 Å². The van der Waals surface area contributed by atoms with E-state index in [2.05, 4.69) is 19.9 Å². The third-order valence-electron chi connectivity index (χ3n) is 4.56. The van der Waals surface area contributed by atoms with Crippen LogP contribution in [-0.4, -0.2) is 46.1 Å². The maximum absolute atomic E-state index is 12.9. The van der Waals surface area contributed by atoms with Crippen LogP contribution in [0.25, 0.3) is 11.3 Å². The molecule has 1 fully saturated rings. The van der Waals surface area contributed by atoms with Gasteiger partial charge in [0.1, 0.15) is 5.69 Å². The summed E-state index contributed by atoms with van der Waals surface area (Å²) in [4.78, 5) is 20.4. The Kier molecular flexibility index (Phi) is 4.81. The van der Waals surface area contributed by atoms with Crippen molar-refractivity contribution < 1.29 is 13.2 Å². The zero-order valence-electron chi connectivity index (χ0n) is 14.8. The molecular weight excluding hydrogens is 369 g/mol. The molecule has 144 valence electrons. The van der Waals surface area contributed by atoms with Gasteiger partial charge in [-0.3, -0.25) is 9.97 Å². The number of aromatic nitrogens is 4. The van der Waals surface area contributed by atoms with Gasteiger partial charge in [0.25, 0.3) is 0 Å². The van der Waals surface area contributed by atoms with Crippen molar-refractivity contribution in [3.8, 4) is 11.3 Å². The van der Waals surface area contributed by atoms with Crippen LogP contribution >= 0.6 is 0 Å². The SMILES string of the molecule is FC(F)(F)c1cc(N2CCN(c3nccc(-c4cccnc4)n3)CC2)ccn1. The maximum atomic E-state index is 12.9. The van der Waals surface area contributed by atoms with Gasteiger partial charge in [-0.15, -0.1) is 0 Å². The first-order chi connectivity index (χ1) is 13.5. The van der Waals surface area contributed by atoms with Crippen LogP contribution in [0, 0.1) is 0 Å². The largest absolute Gasteiger partial charge is 0.433 e. The number of rotatable bonds is 3. The Bertz CT molecular complexity index is 940. The van der Waals surface area contributed by atoms with Crippen molar-refractivity contribution in [3.05, 3.63) is 60.8 Å². The van der Waals surface area contributed by atoms with E-state index in [4.69, 9.17) is 0 Å². The molecule has 0 radical (unpaired) electrons. The van der Waals surface area contributed by atoms with E-state index in [0.717, 1.165) is 17.3 Å². The molecule has 1 saturated heterocycles. The number of piperazine rings is 1. The van der Waals surface area contributed by atoms with Crippen molar-refractivity contribution in [2.24, 2.45) is 0 Å². The number of anilines is 2. The van der Waals surface area contributed by atoms with Crippen LogP contribution in [0.2, 0.25) is 0 Å². The van der Waals surface area contributed by atoms with Crippen molar-refractivity contribution in [2.75, 3.05) is 36.0 Å². The Morgan fingerprint density at radius 1 is 0.857 bits per heavy atom. The van der Waals surface area contributed by atoms with Crippen LogP contribution in [0.1, 0.15) is 5.69 Å². The number of hydrogen-bond acceptors (Lipinski definition) is 6. The molecule has 4 heterocycles. The fraction of sp³-hybridized carbons (Fsp3) is 0.263. The first-order valence-electron chi connectivity index (χ1n) is 8.77. The zero-order valence-corrected chi connectivity index (χ0v) is 14.8. The molecule has 28 heavy (non-hydrogen) atoms. The van der Waals surface area contributed by atoms with Gasteiger partial charge in [-0.1, -0.05) is 0 Å². The van der Waals surface area contributed by atoms with E-state index in [1.807, 2.05) is 28.0 Å². The molecule has 1 aliphatic rings. The fourth-order valence-corrected chi connectivity index (χ4v) is 3.11. The van der Waals surface area contributed by atoms with E-state index in [0.29, 0.717) is 37.8 Å². The predicted octanol–water partition coefficient (Wildman–Crippen LogP) is 3.28. The van der Waals surface area contributed by atoms with Crippen molar-refractivity contribution in [1.82, 2.24) is 19.9 Å². The monoisotopic (exact) mass is 386 g/mol. The van der Waals surface area contributed by atoms with Crippen molar-refractivity contribution in [2.45, 2.75) is 6.18 Å². The Morgan fingerprint density at radius 2 is 1.61 bits per heavy atom. The van der Waals surface area contributed by atoms with E-state index in [1.165, 1.54) is 6.20 Å². The molecule has 3 aromatic rings. The molecule has 9 heteroatoms.